The van der Waals surface area contributed by atoms with Crippen LogP contribution in [0.1, 0.15) is 52.9 Å². The van der Waals surface area contributed by atoms with Crippen LogP contribution in [0, 0.1) is 17.3 Å². The Kier molecular flexibility index (Phi) is 5.00. The van der Waals surface area contributed by atoms with E-state index in [0.717, 1.165) is 12.8 Å². The molecule has 2 nitrogen and oxygen atoms in total. The lowest BCUT2D eigenvalue weighted by Crippen LogP contribution is -2.47. The molecule has 1 heterocycles. The normalized spacial score (nSPS) is 42.1. The molecule has 3 aliphatic carbocycles. The highest BCUT2D eigenvalue weighted by molar-refractivity contribution is 8.18. The number of aliphatic hydroxyl groups excluding tert-OH is 1. The number of rotatable bonds is 2. The van der Waals surface area contributed by atoms with Gasteiger partial charge in [0, 0.05) is 5.41 Å². The Morgan fingerprint density at radius 1 is 1.15 bits per heavy atom. The van der Waals surface area contributed by atoms with E-state index in [4.69, 9.17) is 4.43 Å². The van der Waals surface area contributed by atoms with E-state index in [1.54, 1.807) is 0 Å². The minimum Gasteiger partial charge on any atom is -0.411 e. The van der Waals surface area contributed by atoms with Gasteiger partial charge in [-0.3, -0.25) is 0 Å². The Labute approximate surface area is 169 Å². The first-order chi connectivity index (χ1) is 12.1. The molecule has 148 valence electrons. The first-order valence-electron chi connectivity index (χ1n) is 10.4. The van der Waals surface area contributed by atoms with Crippen LogP contribution in [0.25, 0.3) is 0 Å². The maximum Gasteiger partial charge on any atom is 0.192 e. The van der Waals surface area contributed by atoms with Gasteiger partial charge in [0.2, 0.25) is 0 Å². The fourth-order valence-electron chi connectivity index (χ4n) is 5.71. The van der Waals surface area contributed by atoms with Gasteiger partial charge in [-0.15, -0.1) is 23.5 Å². The summed E-state index contributed by atoms with van der Waals surface area (Å²) in [7, 11) is -1.76. The van der Waals surface area contributed by atoms with E-state index in [-0.39, 0.29) is 22.7 Å². The predicted octanol–water partition coefficient (Wildman–Crippen LogP) is 5.68. The molecule has 0 amide bonds. The van der Waals surface area contributed by atoms with Crippen molar-refractivity contribution in [3.63, 3.8) is 0 Å². The van der Waals surface area contributed by atoms with Crippen LogP contribution in [0.3, 0.4) is 0 Å². The number of fused-ring (bicyclic) bond motifs is 1. The predicted molar refractivity (Wildman–Crippen MR) is 117 cm³/mol. The first-order valence-corrected chi connectivity index (χ1v) is 15.3. The fourth-order valence-corrected chi connectivity index (χ4v) is 11.0. The smallest absolute Gasteiger partial charge is 0.192 e. The quantitative estimate of drug-likeness (QED) is 0.467. The minimum atomic E-state index is -1.76. The van der Waals surface area contributed by atoms with Crippen LogP contribution < -0.4 is 0 Å². The van der Waals surface area contributed by atoms with E-state index in [2.05, 4.69) is 69.5 Å². The monoisotopic (exact) mass is 412 g/mol. The van der Waals surface area contributed by atoms with Crippen LogP contribution in [0.2, 0.25) is 18.1 Å². The second-order valence-electron chi connectivity index (χ2n) is 10.4. The second-order valence-corrected chi connectivity index (χ2v) is 18.3. The molecule has 4 aliphatic rings. The van der Waals surface area contributed by atoms with Crippen LogP contribution in [0.4, 0.5) is 0 Å². The number of aliphatic hydroxyl groups is 1. The van der Waals surface area contributed by atoms with Gasteiger partial charge in [0.15, 0.2) is 8.32 Å². The van der Waals surface area contributed by atoms with Gasteiger partial charge in [0.25, 0.3) is 0 Å². The SMILES string of the molecule is CC(C)(C)[Si](C)(C)OC1C=CC23C(O)CCC2C2(CC3C1)SCCCS2. The second kappa shape index (κ2) is 6.55. The van der Waals surface area contributed by atoms with E-state index in [1.807, 2.05) is 0 Å². The molecule has 0 bridgehead atoms. The van der Waals surface area contributed by atoms with E-state index in [0.29, 0.717) is 15.9 Å². The molecular formula is C21H36O2S2Si. The van der Waals surface area contributed by atoms with Gasteiger partial charge in [0.05, 0.1) is 16.3 Å². The Morgan fingerprint density at radius 2 is 1.85 bits per heavy atom. The molecule has 2 saturated carbocycles. The zero-order valence-electron chi connectivity index (χ0n) is 17.1. The van der Waals surface area contributed by atoms with E-state index >= 15 is 0 Å². The van der Waals surface area contributed by atoms with Crippen LogP contribution >= 0.6 is 23.5 Å². The zero-order chi connectivity index (χ0) is 18.8. The molecule has 1 N–H and O–H groups in total. The summed E-state index contributed by atoms with van der Waals surface area (Å²) in [6.07, 6.45) is 10.8. The summed E-state index contributed by atoms with van der Waals surface area (Å²) in [5.41, 5.74) is 0.0324. The molecule has 5 heteroatoms. The average Bonchev–Trinajstić information content (AvgIpc) is 3.01. The first kappa shape index (κ1) is 19.9. The van der Waals surface area contributed by atoms with Crippen LogP contribution in [0.15, 0.2) is 12.2 Å². The highest BCUT2D eigenvalue weighted by atomic mass is 32.2. The highest BCUT2D eigenvalue weighted by Crippen LogP contribution is 2.72. The summed E-state index contributed by atoms with van der Waals surface area (Å²) in [6.45, 7) is 11.7. The number of hydrogen-bond acceptors (Lipinski definition) is 4. The van der Waals surface area contributed by atoms with Gasteiger partial charge < -0.3 is 9.53 Å². The standard InChI is InChI=1S/C21H36O2S2Si/c1-19(2,3)26(4,5)23-16-9-10-20-15(13-16)14-21(24-11-6-12-25-21)17(20)7-8-18(20)22/h9-10,15-18,22H,6-8,11-14H2,1-5H3. The number of thioether (sulfide) groups is 2. The Bertz CT molecular complexity index is 579. The Balaban J connectivity index is 1.60. The van der Waals surface area contributed by atoms with Crippen LogP contribution in [-0.2, 0) is 4.43 Å². The fraction of sp³-hybridized carbons (Fsp3) is 0.905. The maximum absolute atomic E-state index is 11.0. The molecule has 5 atom stereocenters. The van der Waals surface area contributed by atoms with Crippen molar-refractivity contribution >= 4 is 31.8 Å². The van der Waals surface area contributed by atoms with Gasteiger partial charge in [-0.2, -0.15) is 0 Å². The lowest BCUT2D eigenvalue weighted by molar-refractivity contribution is 0.0190. The van der Waals surface area contributed by atoms with Crippen LogP contribution in [0.5, 0.6) is 0 Å². The van der Waals surface area contributed by atoms with Crippen molar-refractivity contribution in [2.75, 3.05) is 11.5 Å². The van der Waals surface area contributed by atoms with Gasteiger partial charge in [-0.1, -0.05) is 32.9 Å². The molecule has 0 aromatic carbocycles. The van der Waals surface area contributed by atoms with Crippen molar-refractivity contribution in [2.45, 2.75) is 87.3 Å². The molecule has 3 fully saturated rings. The van der Waals surface area contributed by atoms with Crippen molar-refractivity contribution in [1.29, 1.82) is 0 Å². The van der Waals surface area contributed by atoms with E-state index < -0.39 is 8.32 Å². The van der Waals surface area contributed by atoms with E-state index in [9.17, 15) is 5.11 Å². The van der Waals surface area contributed by atoms with Crippen molar-refractivity contribution in [3.8, 4) is 0 Å². The molecule has 0 radical (unpaired) electrons. The summed E-state index contributed by atoms with van der Waals surface area (Å²) in [5.74, 6) is 3.84. The molecule has 0 aromatic heterocycles. The summed E-state index contributed by atoms with van der Waals surface area (Å²) < 4.78 is 7.12. The van der Waals surface area contributed by atoms with Crippen molar-refractivity contribution in [3.05, 3.63) is 12.2 Å². The number of hydrogen-bond donors (Lipinski definition) is 1. The summed E-state index contributed by atoms with van der Waals surface area (Å²) in [5, 5.41) is 11.3. The summed E-state index contributed by atoms with van der Waals surface area (Å²) in [6, 6.07) is 0. The van der Waals surface area contributed by atoms with Crippen molar-refractivity contribution < 1.29 is 9.53 Å². The molecule has 26 heavy (non-hydrogen) atoms. The zero-order valence-corrected chi connectivity index (χ0v) is 19.7. The largest absolute Gasteiger partial charge is 0.411 e. The third-order valence-electron chi connectivity index (χ3n) is 8.03. The average molecular weight is 413 g/mol. The molecule has 1 saturated heterocycles. The van der Waals surface area contributed by atoms with Gasteiger partial charge >= 0.3 is 0 Å². The molecule has 2 spiro atoms. The highest BCUT2D eigenvalue weighted by Gasteiger charge is 2.67. The van der Waals surface area contributed by atoms with Gasteiger partial charge in [-0.05, 0) is 73.6 Å². The summed E-state index contributed by atoms with van der Waals surface area (Å²) >= 11 is 4.43. The van der Waals surface area contributed by atoms with Crippen molar-refractivity contribution in [2.24, 2.45) is 17.3 Å². The third-order valence-corrected chi connectivity index (χ3v) is 16.1. The molecule has 4 rings (SSSR count). The lowest BCUT2D eigenvalue weighted by atomic mass is 9.67. The molecule has 1 aliphatic heterocycles. The van der Waals surface area contributed by atoms with E-state index in [1.165, 1.54) is 30.8 Å². The lowest BCUT2D eigenvalue weighted by Gasteiger charge is -2.45. The van der Waals surface area contributed by atoms with Crippen LogP contribution in [-0.4, -0.2) is 41.2 Å². The Morgan fingerprint density at radius 3 is 2.50 bits per heavy atom. The topological polar surface area (TPSA) is 29.5 Å². The van der Waals surface area contributed by atoms with Gasteiger partial charge in [-0.25, -0.2) is 0 Å². The summed E-state index contributed by atoms with van der Waals surface area (Å²) in [4.78, 5) is 0. The minimum absolute atomic E-state index is 0.0324. The Hall–Kier alpha value is 0.577. The van der Waals surface area contributed by atoms with Crippen molar-refractivity contribution in [1.82, 2.24) is 0 Å². The molecule has 0 aromatic rings. The molecular weight excluding hydrogens is 376 g/mol. The van der Waals surface area contributed by atoms with Gasteiger partial charge in [0.1, 0.15) is 0 Å². The molecule has 5 unspecified atom stereocenters. The maximum atomic E-state index is 11.0. The third kappa shape index (κ3) is 2.90.